The van der Waals surface area contributed by atoms with Gasteiger partial charge in [-0.25, -0.2) is 0 Å². The van der Waals surface area contributed by atoms with Gasteiger partial charge in [-0.1, -0.05) is 6.07 Å². The van der Waals surface area contributed by atoms with Gasteiger partial charge in [0, 0.05) is 18.5 Å². The van der Waals surface area contributed by atoms with E-state index < -0.39 is 5.54 Å². The average molecular weight is 347 g/mol. The molecule has 3 N–H and O–H groups in total. The lowest BCUT2D eigenvalue weighted by Crippen LogP contribution is -2.45. The zero-order valence-corrected chi connectivity index (χ0v) is 15.2. The van der Waals surface area contributed by atoms with Crippen molar-refractivity contribution in [2.24, 2.45) is 5.73 Å². The van der Waals surface area contributed by atoms with Crippen molar-refractivity contribution < 1.29 is 19.0 Å². The largest absolute Gasteiger partial charge is 0.493 e. The maximum Gasteiger partial charge on any atom is 0.220 e. The lowest BCUT2D eigenvalue weighted by Gasteiger charge is -2.19. The predicted molar refractivity (Wildman–Crippen MR) is 92.9 cm³/mol. The summed E-state index contributed by atoms with van der Waals surface area (Å²) in [7, 11) is 4.69. The summed E-state index contributed by atoms with van der Waals surface area (Å²) in [4.78, 5) is 11.9. The van der Waals surface area contributed by atoms with Crippen LogP contribution < -0.4 is 25.3 Å². The fourth-order valence-corrected chi connectivity index (χ4v) is 2.02. The molecule has 1 rings (SSSR count). The second-order valence-corrected chi connectivity index (χ2v) is 5.76. The second-order valence-electron chi connectivity index (χ2n) is 5.76. The minimum absolute atomic E-state index is 0. The van der Waals surface area contributed by atoms with E-state index in [2.05, 4.69) is 5.32 Å². The van der Waals surface area contributed by atoms with E-state index in [-0.39, 0.29) is 18.3 Å². The van der Waals surface area contributed by atoms with Crippen LogP contribution in [-0.2, 0) is 11.2 Å². The highest BCUT2D eigenvalue weighted by Crippen LogP contribution is 2.40. The van der Waals surface area contributed by atoms with Crippen LogP contribution in [0.4, 0.5) is 0 Å². The molecule has 132 valence electrons. The molecule has 0 heterocycles. The molecule has 1 aromatic carbocycles. The van der Waals surface area contributed by atoms with Crippen molar-refractivity contribution in [3.8, 4) is 17.2 Å². The van der Waals surface area contributed by atoms with Crippen LogP contribution in [0.1, 0.15) is 25.8 Å². The lowest BCUT2D eigenvalue weighted by atomic mass is 10.1. The molecule has 7 heteroatoms. The molecule has 0 bridgehead atoms. The van der Waals surface area contributed by atoms with Crippen LogP contribution in [-0.4, -0.2) is 39.3 Å². The van der Waals surface area contributed by atoms with Gasteiger partial charge in [0.2, 0.25) is 11.7 Å². The smallest absolute Gasteiger partial charge is 0.220 e. The standard InChI is InChI=1S/C16H26N2O4.ClH/c1-16(2,17)10-18-13(19)9-7-11-6-8-12(20-3)15(22-5)14(11)21-4;/h6,8H,7,9-10,17H2,1-5H3,(H,18,19);1H. The fourth-order valence-electron chi connectivity index (χ4n) is 2.02. The van der Waals surface area contributed by atoms with Gasteiger partial charge in [-0.15, -0.1) is 12.4 Å². The number of hydrogen-bond acceptors (Lipinski definition) is 5. The van der Waals surface area contributed by atoms with E-state index in [1.54, 1.807) is 27.4 Å². The van der Waals surface area contributed by atoms with Crippen molar-refractivity contribution in [1.82, 2.24) is 5.32 Å². The quantitative estimate of drug-likeness (QED) is 0.751. The van der Waals surface area contributed by atoms with E-state index in [1.807, 2.05) is 19.9 Å². The third-order valence-corrected chi connectivity index (χ3v) is 3.15. The van der Waals surface area contributed by atoms with Crippen LogP contribution in [0.3, 0.4) is 0 Å². The molecule has 1 amide bonds. The zero-order valence-electron chi connectivity index (χ0n) is 14.4. The van der Waals surface area contributed by atoms with Crippen molar-refractivity contribution in [3.05, 3.63) is 17.7 Å². The molecule has 0 aliphatic heterocycles. The predicted octanol–water partition coefficient (Wildman–Crippen LogP) is 1.92. The summed E-state index contributed by atoms with van der Waals surface area (Å²) in [6.07, 6.45) is 0.891. The molecule has 0 aromatic heterocycles. The molecule has 1 aromatic rings. The molecule has 23 heavy (non-hydrogen) atoms. The number of nitrogens with two attached hydrogens (primary N) is 1. The molecular weight excluding hydrogens is 320 g/mol. The van der Waals surface area contributed by atoms with E-state index in [0.717, 1.165) is 5.56 Å². The number of ether oxygens (including phenoxy) is 3. The van der Waals surface area contributed by atoms with Gasteiger partial charge in [0.1, 0.15) is 0 Å². The van der Waals surface area contributed by atoms with Gasteiger partial charge in [0.05, 0.1) is 21.3 Å². The molecule has 0 atom stereocenters. The summed E-state index contributed by atoms with van der Waals surface area (Å²) in [6, 6.07) is 3.68. The SMILES string of the molecule is COc1ccc(CCC(=O)NCC(C)(C)N)c(OC)c1OC.Cl. The Labute approximate surface area is 144 Å². The number of carbonyl (C=O) groups is 1. The van der Waals surface area contributed by atoms with Crippen LogP contribution in [0.25, 0.3) is 0 Å². The van der Waals surface area contributed by atoms with Crippen molar-refractivity contribution in [2.45, 2.75) is 32.2 Å². The first-order valence-electron chi connectivity index (χ1n) is 7.15. The molecule has 0 radical (unpaired) electrons. The fraction of sp³-hybridized carbons (Fsp3) is 0.562. The highest BCUT2D eigenvalue weighted by atomic mass is 35.5. The Morgan fingerprint density at radius 1 is 1.13 bits per heavy atom. The van der Waals surface area contributed by atoms with Gasteiger partial charge in [0.25, 0.3) is 0 Å². The Bertz CT molecular complexity index is 516. The summed E-state index contributed by atoms with van der Waals surface area (Å²) in [5, 5.41) is 2.82. The number of rotatable bonds is 8. The van der Waals surface area contributed by atoms with E-state index >= 15 is 0 Å². The van der Waals surface area contributed by atoms with Crippen LogP contribution >= 0.6 is 12.4 Å². The highest BCUT2D eigenvalue weighted by molar-refractivity contribution is 5.85. The number of hydrogen-bond donors (Lipinski definition) is 2. The number of amides is 1. The molecule has 0 saturated carbocycles. The summed E-state index contributed by atoms with van der Waals surface area (Å²) < 4.78 is 16.0. The van der Waals surface area contributed by atoms with Gasteiger partial charge in [-0.3, -0.25) is 4.79 Å². The van der Waals surface area contributed by atoms with E-state index in [4.69, 9.17) is 19.9 Å². The van der Waals surface area contributed by atoms with Crippen LogP contribution in [0.5, 0.6) is 17.2 Å². The van der Waals surface area contributed by atoms with E-state index in [0.29, 0.717) is 36.6 Å². The third kappa shape index (κ3) is 6.54. The molecule has 0 aliphatic carbocycles. The van der Waals surface area contributed by atoms with Gasteiger partial charge < -0.3 is 25.3 Å². The Balaban J connectivity index is 0.00000484. The first-order valence-corrected chi connectivity index (χ1v) is 7.15. The van der Waals surface area contributed by atoms with Gasteiger partial charge in [-0.05, 0) is 31.9 Å². The van der Waals surface area contributed by atoms with Gasteiger partial charge in [0.15, 0.2) is 11.5 Å². The Kier molecular flexibility index (Phi) is 8.79. The number of halogens is 1. The van der Waals surface area contributed by atoms with Crippen molar-refractivity contribution in [3.63, 3.8) is 0 Å². The summed E-state index contributed by atoms with van der Waals surface area (Å²) in [5.41, 5.74) is 6.31. The lowest BCUT2D eigenvalue weighted by molar-refractivity contribution is -0.121. The number of aryl methyl sites for hydroxylation is 1. The van der Waals surface area contributed by atoms with Crippen molar-refractivity contribution in [1.29, 1.82) is 0 Å². The van der Waals surface area contributed by atoms with E-state index in [1.165, 1.54) is 0 Å². The Morgan fingerprint density at radius 3 is 2.22 bits per heavy atom. The first-order chi connectivity index (χ1) is 10.3. The summed E-state index contributed by atoms with van der Waals surface area (Å²) in [5.74, 6) is 1.67. The Hall–Kier alpha value is -1.66. The highest BCUT2D eigenvalue weighted by Gasteiger charge is 2.17. The molecule has 6 nitrogen and oxygen atoms in total. The first kappa shape index (κ1) is 21.3. The number of carbonyl (C=O) groups excluding carboxylic acids is 1. The number of methoxy groups -OCH3 is 3. The minimum Gasteiger partial charge on any atom is -0.493 e. The van der Waals surface area contributed by atoms with Crippen LogP contribution in [0.15, 0.2) is 12.1 Å². The number of nitrogens with one attached hydrogen (secondary N) is 1. The normalized spacial score (nSPS) is 10.5. The minimum atomic E-state index is -0.420. The second kappa shape index (κ2) is 9.47. The van der Waals surface area contributed by atoms with Crippen molar-refractivity contribution in [2.75, 3.05) is 27.9 Å². The summed E-state index contributed by atoms with van der Waals surface area (Å²) >= 11 is 0. The molecule has 0 saturated heterocycles. The summed E-state index contributed by atoms with van der Waals surface area (Å²) in [6.45, 7) is 4.17. The maximum atomic E-state index is 11.9. The molecule has 0 unspecified atom stereocenters. The topological polar surface area (TPSA) is 82.8 Å². The van der Waals surface area contributed by atoms with Gasteiger partial charge >= 0.3 is 0 Å². The molecular formula is C16H27ClN2O4. The zero-order chi connectivity index (χ0) is 16.8. The molecule has 0 spiro atoms. The third-order valence-electron chi connectivity index (χ3n) is 3.15. The number of benzene rings is 1. The molecule has 0 aliphatic rings. The molecule has 0 fully saturated rings. The maximum absolute atomic E-state index is 11.9. The van der Waals surface area contributed by atoms with Crippen LogP contribution in [0.2, 0.25) is 0 Å². The average Bonchev–Trinajstić information content (AvgIpc) is 2.48. The van der Waals surface area contributed by atoms with Crippen molar-refractivity contribution >= 4 is 18.3 Å². The van der Waals surface area contributed by atoms with E-state index in [9.17, 15) is 4.79 Å². The van der Waals surface area contributed by atoms with Crippen LogP contribution in [0, 0.1) is 0 Å². The Morgan fingerprint density at radius 2 is 1.74 bits per heavy atom. The monoisotopic (exact) mass is 346 g/mol. The van der Waals surface area contributed by atoms with Gasteiger partial charge in [-0.2, -0.15) is 0 Å².